The maximum atomic E-state index is 11.2. The molecule has 0 unspecified atom stereocenters. The van der Waals surface area contributed by atoms with Gasteiger partial charge in [0.1, 0.15) is 0 Å². The van der Waals surface area contributed by atoms with Gasteiger partial charge < -0.3 is 5.32 Å². The summed E-state index contributed by atoms with van der Waals surface area (Å²) in [6.45, 7) is 3.41. The van der Waals surface area contributed by atoms with Gasteiger partial charge in [-0.2, -0.15) is 0 Å². The molecule has 0 saturated carbocycles. The highest BCUT2D eigenvalue weighted by Gasteiger charge is 2.03. The van der Waals surface area contributed by atoms with Gasteiger partial charge in [-0.1, -0.05) is 29.5 Å². The van der Waals surface area contributed by atoms with Crippen LogP contribution in [0.15, 0.2) is 52.7 Å². The molecule has 1 N–H and O–H groups in total. The number of carbonyl (C=O) groups is 1. The molecule has 1 heterocycles. The molecule has 0 aliphatic heterocycles. The summed E-state index contributed by atoms with van der Waals surface area (Å²) in [5.41, 5.74) is 3.32. The third-order valence-electron chi connectivity index (χ3n) is 3.07. The Kier molecular flexibility index (Phi) is 3.93. The number of nitrogens with one attached hydrogen (secondary N) is 1. The molecular formula is C16H14N4OS. The topological polar surface area (TPSA) is 66.7 Å². The molecule has 3 rings (SSSR count). The number of fused-ring (bicyclic) bond motifs is 1. The Morgan fingerprint density at radius 1 is 1.18 bits per heavy atom. The summed E-state index contributed by atoms with van der Waals surface area (Å²) >= 11 is 1.49. The van der Waals surface area contributed by atoms with Gasteiger partial charge in [-0.15, -0.1) is 10.2 Å². The highest BCUT2D eigenvalue weighted by molar-refractivity contribution is 7.21. The molecule has 1 aromatic heterocycles. The van der Waals surface area contributed by atoms with E-state index in [9.17, 15) is 4.79 Å². The van der Waals surface area contributed by atoms with E-state index in [1.807, 2.05) is 43.3 Å². The number of rotatable bonds is 3. The lowest BCUT2D eigenvalue weighted by molar-refractivity contribution is -0.114. The molecule has 0 spiro atoms. The van der Waals surface area contributed by atoms with Gasteiger partial charge in [-0.05, 0) is 36.8 Å². The minimum atomic E-state index is -0.108. The van der Waals surface area contributed by atoms with Gasteiger partial charge in [0, 0.05) is 12.6 Å². The molecule has 1 amide bonds. The first-order chi connectivity index (χ1) is 10.6. The maximum Gasteiger partial charge on any atom is 0.231 e. The number of anilines is 1. The van der Waals surface area contributed by atoms with E-state index in [2.05, 4.69) is 20.5 Å². The smallest absolute Gasteiger partial charge is 0.231 e. The van der Waals surface area contributed by atoms with Crippen LogP contribution in [-0.4, -0.2) is 10.9 Å². The van der Waals surface area contributed by atoms with Gasteiger partial charge in [0.2, 0.25) is 11.0 Å². The van der Waals surface area contributed by atoms with Gasteiger partial charge in [-0.3, -0.25) is 4.79 Å². The molecule has 0 saturated heterocycles. The minimum Gasteiger partial charge on any atom is -0.326 e. The maximum absolute atomic E-state index is 11.2. The highest BCUT2D eigenvalue weighted by Crippen LogP contribution is 2.30. The average Bonchev–Trinajstić information content (AvgIpc) is 2.90. The predicted octanol–water partition coefficient (Wildman–Crippen LogP) is 4.98. The number of aromatic nitrogens is 1. The molecule has 110 valence electrons. The Hall–Kier alpha value is -2.60. The van der Waals surface area contributed by atoms with Crippen LogP contribution in [0.25, 0.3) is 10.2 Å². The molecule has 22 heavy (non-hydrogen) atoms. The van der Waals surface area contributed by atoms with Crippen molar-refractivity contribution in [1.82, 2.24) is 4.98 Å². The highest BCUT2D eigenvalue weighted by atomic mass is 32.1. The second-order valence-corrected chi connectivity index (χ2v) is 5.85. The van der Waals surface area contributed by atoms with Crippen LogP contribution in [0.5, 0.6) is 0 Å². The SMILES string of the molecule is CC(=O)Nc1cc(/N=N/c2nc3ccccc3s2)ccc1C. The van der Waals surface area contributed by atoms with Crippen molar-refractivity contribution in [2.24, 2.45) is 10.2 Å². The quantitative estimate of drug-likeness (QED) is 0.693. The molecule has 0 radical (unpaired) electrons. The molecular weight excluding hydrogens is 296 g/mol. The first-order valence-electron chi connectivity index (χ1n) is 6.77. The van der Waals surface area contributed by atoms with Crippen LogP contribution in [0.2, 0.25) is 0 Å². The average molecular weight is 310 g/mol. The van der Waals surface area contributed by atoms with Crippen molar-refractivity contribution in [1.29, 1.82) is 0 Å². The summed E-state index contributed by atoms with van der Waals surface area (Å²) in [6.07, 6.45) is 0. The summed E-state index contributed by atoms with van der Waals surface area (Å²) in [5, 5.41) is 11.8. The van der Waals surface area contributed by atoms with Crippen LogP contribution in [0.3, 0.4) is 0 Å². The monoisotopic (exact) mass is 310 g/mol. The Morgan fingerprint density at radius 2 is 2.00 bits per heavy atom. The predicted molar refractivity (Wildman–Crippen MR) is 89.3 cm³/mol. The van der Waals surface area contributed by atoms with Gasteiger partial charge in [-0.25, -0.2) is 4.98 Å². The summed E-state index contributed by atoms with van der Waals surface area (Å²) in [5.74, 6) is -0.108. The molecule has 0 atom stereocenters. The van der Waals surface area contributed by atoms with Gasteiger partial charge in [0.05, 0.1) is 15.9 Å². The summed E-state index contributed by atoms with van der Waals surface area (Å²) < 4.78 is 1.08. The molecule has 6 heteroatoms. The number of hydrogen-bond acceptors (Lipinski definition) is 5. The summed E-state index contributed by atoms with van der Waals surface area (Å²) in [6, 6.07) is 13.4. The van der Waals surface area contributed by atoms with Gasteiger partial charge in [0.25, 0.3) is 0 Å². The van der Waals surface area contributed by atoms with Crippen molar-refractivity contribution in [3.05, 3.63) is 48.0 Å². The molecule has 0 aliphatic carbocycles. The second-order valence-electron chi connectivity index (χ2n) is 4.84. The molecule has 3 aromatic rings. The van der Waals surface area contributed by atoms with Crippen molar-refractivity contribution >= 4 is 44.0 Å². The van der Waals surface area contributed by atoms with Crippen molar-refractivity contribution in [3.8, 4) is 0 Å². The number of nitrogens with zero attached hydrogens (tertiary/aromatic N) is 3. The van der Waals surface area contributed by atoms with E-state index >= 15 is 0 Å². The lowest BCUT2D eigenvalue weighted by Crippen LogP contribution is -2.06. The molecule has 2 aromatic carbocycles. The van der Waals surface area contributed by atoms with Gasteiger partial charge >= 0.3 is 0 Å². The Labute approximate surface area is 131 Å². The first kappa shape index (κ1) is 14.3. The lowest BCUT2D eigenvalue weighted by Gasteiger charge is -2.06. The van der Waals surface area contributed by atoms with Gasteiger partial charge in [0.15, 0.2) is 0 Å². The number of amides is 1. The number of para-hydroxylation sites is 1. The Morgan fingerprint density at radius 3 is 2.77 bits per heavy atom. The van der Waals surface area contributed by atoms with Crippen LogP contribution in [0, 0.1) is 6.92 Å². The van der Waals surface area contributed by atoms with E-state index in [0.717, 1.165) is 21.5 Å². The fourth-order valence-corrected chi connectivity index (χ4v) is 2.79. The van der Waals surface area contributed by atoms with E-state index in [4.69, 9.17) is 0 Å². The van der Waals surface area contributed by atoms with Crippen LogP contribution in [0.1, 0.15) is 12.5 Å². The zero-order valence-electron chi connectivity index (χ0n) is 12.2. The second kappa shape index (κ2) is 6.03. The van der Waals surface area contributed by atoms with Crippen molar-refractivity contribution in [3.63, 3.8) is 0 Å². The lowest BCUT2D eigenvalue weighted by atomic mass is 10.2. The number of thiazole rings is 1. The zero-order chi connectivity index (χ0) is 15.5. The number of hydrogen-bond donors (Lipinski definition) is 1. The number of azo groups is 1. The Bertz CT molecular complexity index is 836. The zero-order valence-corrected chi connectivity index (χ0v) is 13.0. The third-order valence-corrected chi connectivity index (χ3v) is 3.99. The van der Waals surface area contributed by atoms with E-state index in [1.54, 1.807) is 6.07 Å². The standard InChI is InChI=1S/C16H14N4OS/c1-10-7-8-12(9-14(10)17-11(2)21)19-20-16-18-13-5-3-4-6-15(13)22-16/h3-9H,1-2H3,(H,17,21)/b20-19+. The summed E-state index contributed by atoms with van der Waals surface area (Å²) in [4.78, 5) is 15.6. The normalized spacial score (nSPS) is 11.2. The van der Waals surface area contributed by atoms with Crippen LogP contribution >= 0.6 is 11.3 Å². The molecule has 0 bridgehead atoms. The van der Waals surface area contributed by atoms with Crippen LogP contribution < -0.4 is 5.32 Å². The van der Waals surface area contributed by atoms with Crippen LogP contribution in [0.4, 0.5) is 16.5 Å². The number of benzene rings is 2. The molecule has 0 aliphatic rings. The van der Waals surface area contributed by atoms with E-state index in [1.165, 1.54) is 18.3 Å². The minimum absolute atomic E-state index is 0.108. The van der Waals surface area contributed by atoms with E-state index in [0.29, 0.717) is 10.8 Å². The number of aryl methyl sites for hydroxylation is 1. The molecule has 0 fully saturated rings. The van der Waals surface area contributed by atoms with Crippen molar-refractivity contribution in [2.45, 2.75) is 13.8 Å². The first-order valence-corrected chi connectivity index (χ1v) is 7.59. The Balaban J connectivity index is 1.87. The number of carbonyl (C=O) groups excluding carboxylic acids is 1. The van der Waals surface area contributed by atoms with Crippen LogP contribution in [-0.2, 0) is 4.79 Å². The summed E-state index contributed by atoms with van der Waals surface area (Å²) in [7, 11) is 0. The van der Waals surface area contributed by atoms with Crippen molar-refractivity contribution in [2.75, 3.05) is 5.32 Å². The van der Waals surface area contributed by atoms with E-state index in [-0.39, 0.29) is 5.91 Å². The fraction of sp³-hybridized carbons (Fsp3) is 0.125. The largest absolute Gasteiger partial charge is 0.326 e. The van der Waals surface area contributed by atoms with Crippen molar-refractivity contribution < 1.29 is 4.79 Å². The molecule has 5 nitrogen and oxygen atoms in total. The third kappa shape index (κ3) is 3.17. The fourth-order valence-electron chi connectivity index (χ4n) is 2.00. The van der Waals surface area contributed by atoms with E-state index < -0.39 is 0 Å².